The average molecular weight is 270 g/mol. The molecule has 0 saturated heterocycles. The molecule has 102 valence electrons. The number of rotatable bonds is 8. The lowest BCUT2D eigenvalue weighted by molar-refractivity contribution is 0.598. The van der Waals surface area contributed by atoms with E-state index in [1.807, 2.05) is 0 Å². The first-order valence-electron chi connectivity index (χ1n) is 6.41. The maximum atomic E-state index is 11.1. The summed E-state index contributed by atoms with van der Waals surface area (Å²) in [6, 6.07) is 6.53. The van der Waals surface area contributed by atoms with Crippen LogP contribution in [-0.4, -0.2) is 15.0 Å². The number of benzene rings is 1. The molecule has 0 unspecified atom stereocenters. The number of primary sulfonamides is 1. The summed E-state index contributed by atoms with van der Waals surface area (Å²) < 4.78 is 22.1. The van der Waals surface area contributed by atoms with Crippen LogP contribution in [0.2, 0.25) is 0 Å². The molecule has 1 aromatic carbocycles. The van der Waals surface area contributed by atoms with E-state index in [0.717, 1.165) is 18.7 Å². The fourth-order valence-corrected chi connectivity index (χ4v) is 2.24. The fourth-order valence-electron chi connectivity index (χ4n) is 1.72. The molecule has 0 aromatic heterocycles. The molecular weight excluding hydrogens is 248 g/mol. The van der Waals surface area contributed by atoms with Crippen molar-refractivity contribution < 1.29 is 8.42 Å². The summed E-state index contributed by atoms with van der Waals surface area (Å²) in [5.74, 6) is 0. The number of unbranched alkanes of at least 4 members (excludes halogenated alkanes) is 4. The molecule has 0 fully saturated rings. The van der Waals surface area contributed by atoms with Gasteiger partial charge in [0.2, 0.25) is 10.0 Å². The molecule has 0 spiro atoms. The Kier molecular flexibility index (Phi) is 6.15. The molecular formula is C13H22N2O2S. The summed E-state index contributed by atoms with van der Waals surface area (Å²) in [4.78, 5) is 0.149. The number of sulfonamides is 1. The summed E-state index contributed by atoms with van der Waals surface area (Å²) >= 11 is 0. The lowest BCUT2D eigenvalue weighted by Gasteiger charge is -2.06. The lowest BCUT2D eigenvalue weighted by atomic mass is 10.1. The molecule has 1 rings (SSSR count). The van der Waals surface area contributed by atoms with Crippen molar-refractivity contribution >= 4 is 15.7 Å². The quantitative estimate of drug-likeness (QED) is 0.713. The Morgan fingerprint density at radius 1 is 1.06 bits per heavy atom. The highest BCUT2D eigenvalue weighted by Crippen LogP contribution is 2.13. The van der Waals surface area contributed by atoms with E-state index in [2.05, 4.69) is 12.2 Å². The van der Waals surface area contributed by atoms with Gasteiger partial charge < -0.3 is 5.32 Å². The maximum absolute atomic E-state index is 11.1. The van der Waals surface area contributed by atoms with Crippen LogP contribution in [0.15, 0.2) is 29.2 Å². The highest BCUT2D eigenvalue weighted by Gasteiger charge is 2.06. The normalized spacial score (nSPS) is 11.4. The smallest absolute Gasteiger partial charge is 0.238 e. The lowest BCUT2D eigenvalue weighted by Crippen LogP contribution is -2.12. The van der Waals surface area contributed by atoms with Crippen LogP contribution in [0.4, 0.5) is 5.69 Å². The van der Waals surface area contributed by atoms with Crippen LogP contribution in [0.3, 0.4) is 0 Å². The van der Waals surface area contributed by atoms with Gasteiger partial charge in [0.1, 0.15) is 0 Å². The number of anilines is 1. The van der Waals surface area contributed by atoms with Gasteiger partial charge in [-0.3, -0.25) is 0 Å². The second kappa shape index (κ2) is 7.38. The Bertz CT molecular complexity index is 441. The highest BCUT2D eigenvalue weighted by atomic mass is 32.2. The predicted octanol–water partition coefficient (Wildman–Crippen LogP) is 2.72. The second-order valence-corrected chi connectivity index (χ2v) is 5.97. The van der Waals surface area contributed by atoms with Crippen molar-refractivity contribution in [1.82, 2.24) is 0 Å². The molecule has 0 aliphatic heterocycles. The van der Waals surface area contributed by atoms with Gasteiger partial charge in [-0.2, -0.15) is 0 Å². The van der Waals surface area contributed by atoms with Crippen LogP contribution in [0.25, 0.3) is 0 Å². The van der Waals surface area contributed by atoms with Crippen LogP contribution < -0.4 is 10.5 Å². The van der Waals surface area contributed by atoms with Gasteiger partial charge in [0.15, 0.2) is 0 Å². The van der Waals surface area contributed by atoms with E-state index in [9.17, 15) is 8.42 Å². The molecule has 0 saturated carbocycles. The molecule has 5 heteroatoms. The van der Waals surface area contributed by atoms with Gasteiger partial charge in [0.05, 0.1) is 4.90 Å². The molecule has 0 bridgehead atoms. The van der Waals surface area contributed by atoms with Gasteiger partial charge in [-0.15, -0.1) is 0 Å². The Hall–Kier alpha value is -1.07. The summed E-state index contributed by atoms with van der Waals surface area (Å²) in [5, 5.41) is 8.29. The molecule has 4 nitrogen and oxygen atoms in total. The monoisotopic (exact) mass is 270 g/mol. The summed E-state index contributed by atoms with van der Waals surface area (Å²) in [5.41, 5.74) is 0.929. The first-order chi connectivity index (χ1) is 8.54. The van der Waals surface area contributed by atoms with Crippen molar-refractivity contribution in [2.75, 3.05) is 11.9 Å². The van der Waals surface area contributed by atoms with Crippen molar-refractivity contribution in [3.63, 3.8) is 0 Å². The molecule has 3 N–H and O–H groups in total. The third-order valence-electron chi connectivity index (χ3n) is 2.79. The molecule has 18 heavy (non-hydrogen) atoms. The van der Waals surface area contributed by atoms with E-state index in [4.69, 9.17) is 5.14 Å². The third kappa shape index (κ3) is 5.51. The Morgan fingerprint density at radius 3 is 2.22 bits per heavy atom. The molecule has 0 heterocycles. The summed E-state index contributed by atoms with van der Waals surface area (Å²) in [6.07, 6.45) is 6.20. The summed E-state index contributed by atoms with van der Waals surface area (Å²) in [6.45, 7) is 3.11. The first-order valence-corrected chi connectivity index (χ1v) is 7.95. The van der Waals surface area contributed by atoms with Gasteiger partial charge in [-0.05, 0) is 30.7 Å². The molecule has 1 aromatic rings. The van der Waals surface area contributed by atoms with E-state index < -0.39 is 10.0 Å². The average Bonchev–Trinajstić information content (AvgIpc) is 2.33. The largest absolute Gasteiger partial charge is 0.385 e. The number of hydrogen-bond donors (Lipinski definition) is 2. The zero-order valence-electron chi connectivity index (χ0n) is 10.9. The van der Waals surface area contributed by atoms with Gasteiger partial charge in [0, 0.05) is 12.2 Å². The number of nitrogens with one attached hydrogen (secondary N) is 1. The minimum Gasteiger partial charge on any atom is -0.385 e. The Morgan fingerprint density at radius 2 is 1.67 bits per heavy atom. The summed E-state index contributed by atoms with van der Waals surface area (Å²) in [7, 11) is -3.58. The van der Waals surface area contributed by atoms with Crippen molar-refractivity contribution in [3.05, 3.63) is 24.3 Å². The van der Waals surface area contributed by atoms with Gasteiger partial charge in [0.25, 0.3) is 0 Å². The zero-order chi connectivity index (χ0) is 13.4. The number of hydrogen-bond acceptors (Lipinski definition) is 3. The first kappa shape index (κ1) is 15.0. The SMILES string of the molecule is CCCCCCCNc1ccc(S(N)(=O)=O)cc1. The van der Waals surface area contributed by atoms with Gasteiger partial charge >= 0.3 is 0 Å². The number of nitrogens with two attached hydrogens (primary N) is 1. The van der Waals surface area contributed by atoms with Crippen molar-refractivity contribution in [1.29, 1.82) is 0 Å². The highest BCUT2D eigenvalue weighted by molar-refractivity contribution is 7.89. The fraction of sp³-hybridized carbons (Fsp3) is 0.538. The third-order valence-corrected chi connectivity index (χ3v) is 3.72. The van der Waals surface area contributed by atoms with Crippen molar-refractivity contribution in [2.45, 2.75) is 43.9 Å². The molecule has 0 radical (unpaired) electrons. The molecule has 0 aliphatic carbocycles. The van der Waals surface area contributed by atoms with E-state index in [1.165, 1.54) is 37.8 Å². The standard InChI is InChI=1S/C13H22N2O2S/c1-2-3-4-5-6-11-15-12-7-9-13(10-8-12)18(14,16)17/h7-10,15H,2-6,11H2,1H3,(H2,14,16,17). The van der Waals surface area contributed by atoms with Crippen molar-refractivity contribution in [3.8, 4) is 0 Å². The van der Waals surface area contributed by atoms with E-state index >= 15 is 0 Å². The van der Waals surface area contributed by atoms with Crippen LogP contribution in [0.5, 0.6) is 0 Å². The van der Waals surface area contributed by atoms with Crippen LogP contribution in [-0.2, 0) is 10.0 Å². The topological polar surface area (TPSA) is 72.2 Å². The van der Waals surface area contributed by atoms with Gasteiger partial charge in [-0.1, -0.05) is 32.6 Å². The minimum atomic E-state index is -3.58. The van der Waals surface area contributed by atoms with E-state index in [-0.39, 0.29) is 4.90 Å². The van der Waals surface area contributed by atoms with Crippen molar-refractivity contribution in [2.24, 2.45) is 5.14 Å². The van der Waals surface area contributed by atoms with Gasteiger partial charge in [-0.25, -0.2) is 13.6 Å². The van der Waals surface area contributed by atoms with Crippen LogP contribution in [0, 0.1) is 0 Å². The second-order valence-electron chi connectivity index (χ2n) is 4.41. The molecule has 0 aliphatic rings. The Labute approximate surface area is 110 Å². The predicted molar refractivity (Wildman–Crippen MR) is 75.1 cm³/mol. The van der Waals surface area contributed by atoms with Crippen LogP contribution >= 0.6 is 0 Å². The minimum absolute atomic E-state index is 0.149. The van der Waals surface area contributed by atoms with Crippen LogP contribution in [0.1, 0.15) is 39.0 Å². The zero-order valence-corrected chi connectivity index (χ0v) is 11.7. The molecule has 0 amide bonds. The van der Waals surface area contributed by atoms with E-state index in [1.54, 1.807) is 12.1 Å². The van der Waals surface area contributed by atoms with E-state index in [0.29, 0.717) is 0 Å². The Balaban J connectivity index is 2.32. The molecule has 0 atom stereocenters. The maximum Gasteiger partial charge on any atom is 0.238 e.